The molecule has 0 saturated heterocycles. The summed E-state index contributed by atoms with van der Waals surface area (Å²) in [7, 11) is -2.35. The molecule has 0 atom stereocenters. The monoisotopic (exact) mass is 358 g/mol. The van der Waals surface area contributed by atoms with Crippen molar-refractivity contribution >= 4 is 21.1 Å². The predicted octanol–water partition coefficient (Wildman–Crippen LogP) is 4.02. The van der Waals surface area contributed by atoms with Crippen LogP contribution in [0.25, 0.3) is 11.0 Å². The molecule has 3 rings (SSSR count). The van der Waals surface area contributed by atoms with E-state index in [4.69, 9.17) is 4.74 Å². The molecule has 0 aliphatic heterocycles. The maximum absolute atomic E-state index is 13.3. The lowest BCUT2D eigenvalue weighted by molar-refractivity contribution is 0.402. The number of hydrogen-bond donors (Lipinski definition) is 0. The maximum atomic E-state index is 13.3. The normalized spacial score (nSPS) is 12.1. The van der Waals surface area contributed by atoms with E-state index in [0.29, 0.717) is 16.8 Å². The van der Waals surface area contributed by atoms with Crippen LogP contribution < -0.4 is 4.74 Å². The summed E-state index contributed by atoms with van der Waals surface area (Å²) in [6.07, 6.45) is 1.36. The van der Waals surface area contributed by atoms with Crippen molar-refractivity contribution < 1.29 is 13.2 Å². The Balaban J connectivity index is 2.27. The number of nitrogens with zero attached hydrogens (tertiary/aromatic N) is 2. The van der Waals surface area contributed by atoms with Gasteiger partial charge in [-0.15, -0.1) is 0 Å². The molecule has 0 aliphatic carbocycles. The number of hydrogen-bond acceptors (Lipinski definition) is 4. The molecule has 6 heteroatoms. The Morgan fingerprint density at radius 2 is 1.76 bits per heavy atom. The Hall–Kier alpha value is -2.34. The molecular formula is C19H22N2O3S. The van der Waals surface area contributed by atoms with Gasteiger partial charge in [0.1, 0.15) is 17.0 Å². The van der Waals surface area contributed by atoms with Crippen molar-refractivity contribution in [2.45, 2.75) is 38.5 Å². The van der Waals surface area contributed by atoms with E-state index in [9.17, 15) is 8.42 Å². The highest BCUT2D eigenvalue weighted by Crippen LogP contribution is 2.31. The second kappa shape index (κ2) is 6.19. The molecule has 1 aromatic heterocycles. The quantitative estimate of drug-likeness (QED) is 0.707. The third-order valence-electron chi connectivity index (χ3n) is 4.52. The molecule has 0 aliphatic rings. The van der Waals surface area contributed by atoms with Gasteiger partial charge in [-0.1, -0.05) is 19.9 Å². The molecule has 1 heterocycles. The number of ether oxygens (including phenoxy) is 1. The lowest BCUT2D eigenvalue weighted by Crippen LogP contribution is -2.14. The fraction of sp³-hybridized carbons (Fsp3) is 0.316. The summed E-state index contributed by atoms with van der Waals surface area (Å²) in [6, 6.07) is 9.04. The zero-order valence-corrected chi connectivity index (χ0v) is 15.9. The first-order valence-electron chi connectivity index (χ1n) is 8.13. The molecule has 0 saturated carbocycles. The number of aryl methyl sites for hydroxylation is 2. The largest absolute Gasteiger partial charge is 0.495 e. The Bertz CT molecular complexity index is 1050. The molecule has 132 valence electrons. The van der Waals surface area contributed by atoms with E-state index in [1.165, 1.54) is 17.4 Å². The van der Waals surface area contributed by atoms with Gasteiger partial charge in [-0.3, -0.25) is 0 Å². The zero-order valence-electron chi connectivity index (χ0n) is 15.1. The number of rotatable bonds is 4. The van der Waals surface area contributed by atoms with Crippen LogP contribution in [0.5, 0.6) is 5.75 Å². The van der Waals surface area contributed by atoms with Gasteiger partial charge in [0, 0.05) is 0 Å². The van der Waals surface area contributed by atoms with E-state index in [1.807, 2.05) is 45.9 Å². The zero-order chi connectivity index (χ0) is 18.4. The SMILES string of the molecule is COc1ccc(C(C)C)cc1S(=O)(=O)n1cnc2cc(C)c(C)cc21. The first-order valence-corrected chi connectivity index (χ1v) is 9.57. The number of fused-ring (bicyclic) bond motifs is 1. The van der Waals surface area contributed by atoms with Crippen LogP contribution in [0.15, 0.2) is 41.6 Å². The number of methoxy groups -OCH3 is 1. The molecular weight excluding hydrogens is 336 g/mol. The molecule has 0 spiro atoms. The molecule has 0 unspecified atom stereocenters. The van der Waals surface area contributed by atoms with Crippen LogP contribution in [0.3, 0.4) is 0 Å². The summed E-state index contributed by atoms with van der Waals surface area (Å²) < 4.78 is 33.1. The van der Waals surface area contributed by atoms with Gasteiger partial charge in [0.15, 0.2) is 0 Å². The van der Waals surface area contributed by atoms with Crippen molar-refractivity contribution in [1.82, 2.24) is 8.96 Å². The van der Waals surface area contributed by atoms with Gasteiger partial charge in [0.05, 0.1) is 18.1 Å². The van der Waals surface area contributed by atoms with Crippen molar-refractivity contribution in [1.29, 1.82) is 0 Å². The van der Waals surface area contributed by atoms with Gasteiger partial charge in [-0.2, -0.15) is 0 Å². The van der Waals surface area contributed by atoms with E-state index >= 15 is 0 Å². The Morgan fingerprint density at radius 1 is 1.08 bits per heavy atom. The van der Waals surface area contributed by atoms with Crippen molar-refractivity contribution in [3.05, 3.63) is 53.3 Å². The molecule has 0 radical (unpaired) electrons. The second-order valence-corrected chi connectivity index (χ2v) is 8.32. The molecule has 3 aromatic rings. The molecule has 0 bridgehead atoms. The van der Waals surface area contributed by atoms with Crippen molar-refractivity contribution in [2.24, 2.45) is 0 Å². The third-order valence-corrected chi connectivity index (χ3v) is 6.20. The first-order chi connectivity index (χ1) is 11.8. The number of benzene rings is 2. The molecule has 25 heavy (non-hydrogen) atoms. The van der Waals surface area contributed by atoms with Crippen LogP contribution in [0.2, 0.25) is 0 Å². The van der Waals surface area contributed by atoms with Gasteiger partial charge in [-0.25, -0.2) is 17.4 Å². The summed E-state index contributed by atoms with van der Waals surface area (Å²) in [5.41, 5.74) is 4.27. The van der Waals surface area contributed by atoms with Gasteiger partial charge < -0.3 is 4.74 Å². The molecule has 2 aromatic carbocycles. The van der Waals surface area contributed by atoms with Gasteiger partial charge in [0.25, 0.3) is 10.0 Å². The number of imidazole rings is 1. The van der Waals surface area contributed by atoms with Gasteiger partial charge in [-0.05, 0) is 60.7 Å². The smallest absolute Gasteiger partial charge is 0.273 e. The first kappa shape index (κ1) is 17.5. The highest BCUT2D eigenvalue weighted by molar-refractivity contribution is 7.90. The minimum Gasteiger partial charge on any atom is -0.495 e. The molecule has 0 N–H and O–H groups in total. The third kappa shape index (κ3) is 2.91. The summed E-state index contributed by atoms with van der Waals surface area (Å²) in [5.74, 6) is 0.541. The fourth-order valence-electron chi connectivity index (χ4n) is 2.79. The summed E-state index contributed by atoms with van der Waals surface area (Å²) >= 11 is 0. The van der Waals surface area contributed by atoms with E-state index in [1.54, 1.807) is 12.1 Å². The van der Waals surface area contributed by atoms with Crippen molar-refractivity contribution in [3.8, 4) is 5.75 Å². The van der Waals surface area contributed by atoms with Crippen LogP contribution >= 0.6 is 0 Å². The molecule has 0 amide bonds. The van der Waals surface area contributed by atoms with E-state index in [-0.39, 0.29) is 10.8 Å². The lowest BCUT2D eigenvalue weighted by atomic mass is 10.0. The van der Waals surface area contributed by atoms with Crippen molar-refractivity contribution in [3.63, 3.8) is 0 Å². The average molecular weight is 358 g/mol. The van der Waals surface area contributed by atoms with E-state index in [0.717, 1.165) is 16.7 Å². The second-order valence-electron chi connectivity index (χ2n) is 6.54. The molecule has 0 fully saturated rings. The highest BCUT2D eigenvalue weighted by Gasteiger charge is 2.25. The van der Waals surface area contributed by atoms with Crippen molar-refractivity contribution in [2.75, 3.05) is 7.11 Å². The van der Waals surface area contributed by atoms with Crippen LogP contribution in [-0.4, -0.2) is 24.5 Å². The topological polar surface area (TPSA) is 61.2 Å². The standard InChI is InChI=1S/C19H22N2O3S/c1-12(2)15-6-7-18(24-5)19(10-15)25(22,23)21-11-20-16-8-13(3)14(4)9-17(16)21/h6-12H,1-5H3. The highest BCUT2D eigenvalue weighted by atomic mass is 32.2. The maximum Gasteiger partial charge on any atom is 0.273 e. The minimum absolute atomic E-state index is 0.152. The van der Waals surface area contributed by atoms with Gasteiger partial charge in [0.2, 0.25) is 0 Å². The molecule has 5 nitrogen and oxygen atoms in total. The summed E-state index contributed by atoms with van der Waals surface area (Å²) in [4.78, 5) is 4.42. The minimum atomic E-state index is -3.82. The Labute approximate surface area is 148 Å². The Kier molecular flexibility index (Phi) is 4.33. The van der Waals surface area contributed by atoms with Crippen LogP contribution in [-0.2, 0) is 10.0 Å². The number of aromatic nitrogens is 2. The van der Waals surface area contributed by atoms with Crippen LogP contribution in [0.1, 0.15) is 36.5 Å². The Morgan fingerprint density at radius 3 is 2.40 bits per heavy atom. The van der Waals surface area contributed by atoms with Crippen LogP contribution in [0.4, 0.5) is 0 Å². The predicted molar refractivity (Wildman–Crippen MR) is 98.9 cm³/mol. The van der Waals surface area contributed by atoms with E-state index < -0.39 is 10.0 Å². The van der Waals surface area contributed by atoms with Gasteiger partial charge >= 0.3 is 0 Å². The average Bonchev–Trinajstić information content (AvgIpc) is 2.98. The van der Waals surface area contributed by atoms with Crippen LogP contribution in [0, 0.1) is 13.8 Å². The lowest BCUT2D eigenvalue weighted by Gasteiger charge is -2.14. The van der Waals surface area contributed by atoms with E-state index in [2.05, 4.69) is 4.98 Å². The summed E-state index contributed by atoms with van der Waals surface area (Å²) in [5, 5.41) is 0. The summed E-state index contributed by atoms with van der Waals surface area (Å²) in [6.45, 7) is 7.99. The fourth-order valence-corrected chi connectivity index (χ4v) is 4.27.